The maximum Gasteiger partial charge on any atom is 0.262 e. The number of imide groups is 2. The molecule has 1 spiro atoms. The molecular formula is C42H40N6O8. The minimum absolute atomic E-state index is 0.0209. The quantitative estimate of drug-likeness (QED) is 0.220. The highest BCUT2D eigenvalue weighted by molar-refractivity contribution is 6.23. The summed E-state index contributed by atoms with van der Waals surface area (Å²) in [6.45, 7) is 3.71. The lowest BCUT2D eigenvalue weighted by Gasteiger charge is -2.54. The predicted molar refractivity (Wildman–Crippen MR) is 204 cm³/mol. The van der Waals surface area contributed by atoms with Gasteiger partial charge in [-0.15, -0.1) is 0 Å². The Morgan fingerprint density at radius 2 is 1.64 bits per heavy atom. The lowest BCUT2D eigenvalue weighted by molar-refractivity contribution is -0.137. The molecule has 14 nitrogen and oxygen atoms in total. The molecule has 3 saturated heterocycles. The zero-order valence-electron chi connectivity index (χ0n) is 31.3. The average molecular weight is 757 g/mol. The fourth-order valence-corrected chi connectivity index (χ4v) is 8.50. The van der Waals surface area contributed by atoms with Gasteiger partial charge in [-0.05, 0) is 72.0 Å². The van der Waals surface area contributed by atoms with E-state index in [4.69, 9.17) is 9.47 Å². The number of amides is 5. The van der Waals surface area contributed by atoms with E-state index in [1.807, 2.05) is 29.3 Å². The Kier molecular flexibility index (Phi) is 9.41. The summed E-state index contributed by atoms with van der Waals surface area (Å²) in [6.07, 6.45) is 7.01. The third-order valence-corrected chi connectivity index (χ3v) is 11.5. The van der Waals surface area contributed by atoms with Gasteiger partial charge in [0.2, 0.25) is 17.7 Å². The van der Waals surface area contributed by atoms with Crippen LogP contribution < -0.4 is 20.3 Å². The van der Waals surface area contributed by atoms with E-state index in [2.05, 4.69) is 27.0 Å². The third kappa shape index (κ3) is 6.47. The first kappa shape index (κ1) is 36.6. The third-order valence-electron chi connectivity index (χ3n) is 11.5. The second kappa shape index (κ2) is 14.4. The topological polar surface area (TPSA) is 160 Å². The molecule has 2 aromatic carbocycles. The van der Waals surface area contributed by atoms with Crippen LogP contribution in [0.4, 0.5) is 0 Å². The number of likely N-dealkylation sites (tertiary alicyclic amines) is 2. The van der Waals surface area contributed by atoms with Crippen molar-refractivity contribution < 1.29 is 33.4 Å². The van der Waals surface area contributed by atoms with Crippen molar-refractivity contribution in [3.63, 3.8) is 0 Å². The predicted octanol–water partition coefficient (Wildman–Crippen LogP) is 2.89. The molecule has 286 valence electrons. The summed E-state index contributed by atoms with van der Waals surface area (Å²) >= 11 is 0. The Morgan fingerprint density at radius 3 is 2.34 bits per heavy atom. The van der Waals surface area contributed by atoms with Gasteiger partial charge in [0.05, 0.1) is 42.7 Å². The van der Waals surface area contributed by atoms with Gasteiger partial charge in [-0.25, -0.2) is 0 Å². The Bertz CT molecular complexity index is 2440. The van der Waals surface area contributed by atoms with Crippen LogP contribution >= 0.6 is 0 Å². The van der Waals surface area contributed by atoms with Gasteiger partial charge in [0.1, 0.15) is 17.5 Å². The first-order valence-electron chi connectivity index (χ1n) is 18.5. The fraction of sp³-hybridized carbons (Fsp3) is 0.357. The van der Waals surface area contributed by atoms with Crippen molar-refractivity contribution in [2.45, 2.75) is 44.7 Å². The van der Waals surface area contributed by atoms with Gasteiger partial charge in [0.25, 0.3) is 17.4 Å². The second-order valence-corrected chi connectivity index (χ2v) is 15.0. The highest BCUT2D eigenvalue weighted by Crippen LogP contribution is 2.44. The average Bonchev–Trinajstić information content (AvgIpc) is 3.43. The summed E-state index contributed by atoms with van der Waals surface area (Å²) in [5, 5.41) is 3.53. The molecule has 0 radical (unpaired) electrons. The van der Waals surface area contributed by atoms with E-state index in [9.17, 15) is 28.8 Å². The Morgan fingerprint density at radius 1 is 0.929 bits per heavy atom. The number of hydrogen-bond donors (Lipinski definition) is 1. The largest absolute Gasteiger partial charge is 0.496 e. The number of piperidine rings is 2. The molecule has 0 bridgehead atoms. The summed E-state index contributed by atoms with van der Waals surface area (Å²) in [6, 6.07) is 9.43. The molecule has 0 aliphatic carbocycles. The zero-order valence-corrected chi connectivity index (χ0v) is 31.3. The molecule has 14 heteroatoms. The molecule has 6 heterocycles. The summed E-state index contributed by atoms with van der Waals surface area (Å²) in [5.41, 5.74) is 3.51. The number of ether oxygens (including phenoxy) is 2. The number of nitrogens with zero attached hydrogens (tertiary/aromatic N) is 5. The smallest absolute Gasteiger partial charge is 0.262 e. The molecule has 0 saturated carbocycles. The van der Waals surface area contributed by atoms with Crippen LogP contribution in [0.2, 0.25) is 0 Å². The lowest BCUT2D eigenvalue weighted by atomic mass is 9.72. The molecule has 4 aromatic rings. The highest BCUT2D eigenvalue weighted by Gasteiger charge is 2.46. The van der Waals surface area contributed by atoms with E-state index in [0.29, 0.717) is 42.1 Å². The van der Waals surface area contributed by atoms with Gasteiger partial charge in [0, 0.05) is 75.9 Å². The molecule has 1 unspecified atom stereocenters. The van der Waals surface area contributed by atoms with Crippen molar-refractivity contribution in [2.24, 2.45) is 12.5 Å². The van der Waals surface area contributed by atoms with Gasteiger partial charge in [-0.2, -0.15) is 0 Å². The van der Waals surface area contributed by atoms with Crippen LogP contribution in [-0.4, -0.2) is 100 Å². The lowest BCUT2D eigenvalue weighted by Crippen LogP contribution is -2.60. The number of aromatic nitrogens is 2. The van der Waals surface area contributed by atoms with Crippen LogP contribution in [-0.2, 0) is 28.0 Å². The zero-order chi connectivity index (χ0) is 39.3. The number of fused-ring (bicyclic) bond motifs is 2. The van der Waals surface area contributed by atoms with Crippen LogP contribution in [0.25, 0.3) is 21.9 Å². The number of rotatable bonds is 7. The van der Waals surface area contributed by atoms with Crippen LogP contribution in [0, 0.1) is 17.3 Å². The maximum atomic E-state index is 13.1. The monoisotopic (exact) mass is 756 g/mol. The van der Waals surface area contributed by atoms with Crippen molar-refractivity contribution in [1.29, 1.82) is 0 Å². The highest BCUT2D eigenvalue weighted by atomic mass is 16.5. The van der Waals surface area contributed by atoms with Crippen LogP contribution in [0.1, 0.15) is 63.9 Å². The number of pyridine rings is 2. The van der Waals surface area contributed by atoms with Crippen molar-refractivity contribution in [2.75, 3.05) is 40.4 Å². The Hall–Kier alpha value is -6.33. The molecule has 4 aliphatic rings. The van der Waals surface area contributed by atoms with Gasteiger partial charge >= 0.3 is 0 Å². The molecule has 8 rings (SSSR count). The molecule has 1 N–H and O–H groups in total. The van der Waals surface area contributed by atoms with Gasteiger partial charge in [0.15, 0.2) is 0 Å². The summed E-state index contributed by atoms with van der Waals surface area (Å²) in [4.78, 5) is 85.2. The van der Waals surface area contributed by atoms with E-state index in [0.717, 1.165) is 52.9 Å². The standard InChI is InChI=1S/C42H40N6O8/c1-45-21-31(27-11-14-43-20-30(27)39(45)52)26-18-34(55-2)32(35(19-26)56-3)22-46-23-42(24-46)12-15-47(16-13-42)37(50)6-4-5-25-7-8-28-29(17-25)41(54)48(40(28)53)33-9-10-36(49)44-38(33)51/h7-8,11,14,17-21,33H,6,9-10,12-13,15-16,22-24H2,1-3H3,(H,44,49,51). The minimum atomic E-state index is -1.04. The summed E-state index contributed by atoms with van der Waals surface area (Å²) in [5.74, 6) is 4.96. The molecule has 5 amide bonds. The van der Waals surface area contributed by atoms with E-state index in [1.54, 1.807) is 44.3 Å². The van der Waals surface area contributed by atoms with Crippen molar-refractivity contribution >= 4 is 40.3 Å². The van der Waals surface area contributed by atoms with Gasteiger partial charge in [-0.1, -0.05) is 11.8 Å². The van der Waals surface area contributed by atoms with E-state index >= 15 is 0 Å². The minimum Gasteiger partial charge on any atom is -0.496 e. The number of carbonyl (C=O) groups is 5. The first-order valence-corrected chi connectivity index (χ1v) is 18.5. The molecule has 3 fully saturated rings. The Labute approximate surface area is 322 Å². The SMILES string of the molecule is COc1cc(-c2cn(C)c(=O)c3cnccc23)cc(OC)c1CN1CC2(CCN(C(=O)CC#Cc3ccc4c(c3)C(=O)N(C3CCC(=O)NC3=O)C4=O)CC2)C1. The summed E-state index contributed by atoms with van der Waals surface area (Å²) in [7, 11) is 5.02. The van der Waals surface area contributed by atoms with Crippen molar-refractivity contribution in [1.82, 2.24) is 29.6 Å². The molecule has 1 atom stereocenters. The second-order valence-electron chi connectivity index (χ2n) is 15.0. The number of carbonyl (C=O) groups excluding carboxylic acids is 5. The Balaban J connectivity index is 0.867. The first-order chi connectivity index (χ1) is 27.0. The normalized spacial score (nSPS) is 19.0. The maximum absolute atomic E-state index is 13.1. The van der Waals surface area contributed by atoms with Crippen LogP contribution in [0.5, 0.6) is 11.5 Å². The number of hydrogen-bond acceptors (Lipinski definition) is 10. The molecule has 56 heavy (non-hydrogen) atoms. The van der Waals surface area contributed by atoms with Crippen LogP contribution in [0.3, 0.4) is 0 Å². The van der Waals surface area contributed by atoms with Crippen molar-refractivity contribution in [3.05, 3.63) is 87.6 Å². The molecular weight excluding hydrogens is 716 g/mol. The number of aryl methyl sites for hydroxylation is 1. The van der Waals surface area contributed by atoms with Crippen molar-refractivity contribution in [3.8, 4) is 34.5 Å². The van der Waals surface area contributed by atoms with Crippen LogP contribution in [0.15, 0.2) is 59.8 Å². The van der Waals surface area contributed by atoms with E-state index in [-0.39, 0.29) is 47.3 Å². The fourth-order valence-electron chi connectivity index (χ4n) is 8.50. The number of methoxy groups -OCH3 is 2. The molecule has 2 aromatic heterocycles. The summed E-state index contributed by atoms with van der Waals surface area (Å²) < 4.78 is 13.3. The number of nitrogens with one attached hydrogen (secondary N) is 1. The number of benzene rings is 2. The van der Waals surface area contributed by atoms with Gasteiger partial charge < -0.3 is 18.9 Å². The van der Waals surface area contributed by atoms with Gasteiger partial charge in [-0.3, -0.25) is 48.9 Å². The van der Waals surface area contributed by atoms with E-state index < -0.39 is 29.7 Å². The van der Waals surface area contributed by atoms with E-state index in [1.165, 1.54) is 12.1 Å². The molecule has 4 aliphatic heterocycles.